The van der Waals surface area contributed by atoms with Crippen LogP contribution in [0, 0.1) is 17.8 Å². The third-order valence-corrected chi connectivity index (χ3v) is 6.14. The molecule has 6 heteroatoms. The third-order valence-electron chi connectivity index (χ3n) is 6.14. The first-order valence-corrected chi connectivity index (χ1v) is 10.3. The van der Waals surface area contributed by atoms with Gasteiger partial charge in [-0.3, -0.25) is 14.4 Å². The zero-order valence-electron chi connectivity index (χ0n) is 16.8. The van der Waals surface area contributed by atoms with Crippen LogP contribution in [0.3, 0.4) is 0 Å². The highest BCUT2D eigenvalue weighted by atomic mass is 16.5. The van der Waals surface area contributed by atoms with Crippen molar-refractivity contribution in [2.45, 2.75) is 46.0 Å². The van der Waals surface area contributed by atoms with Crippen LogP contribution >= 0.6 is 0 Å². The number of hydrogen-bond donors (Lipinski definition) is 1. The molecule has 0 spiro atoms. The first kappa shape index (κ1) is 20.4. The molecule has 0 heterocycles. The molecule has 2 amide bonds. The number of anilines is 1. The van der Waals surface area contributed by atoms with E-state index in [2.05, 4.69) is 5.32 Å². The number of carbonyl (C=O) groups excluding carboxylic acids is 3. The summed E-state index contributed by atoms with van der Waals surface area (Å²) >= 11 is 0. The molecular formula is C22H30N2O4. The minimum absolute atomic E-state index is 0.0302. The number of nitrogens with one attached hydrogen (secondary N) is 1. The highest BCUT2D eigenvalue weighted by Gasteiger charge is 2.40. The highest BCUT2D eigenvalue weighted by molar-refractivity contribution is 5.96. The van der Waals surface area contributed by atoms with Gasteiger partial charge in [-0.1, -0.05) is 6.42 Å². The van der Waals surface area contributed by atoms with Gasteiger partial charge in [0, 0.05) is 30.8 Å². The predicted octanol–water partition coefficient (Wildman–Crippen LogP) is 3.48. The summed E-state index contributed by atoms with van der Waals surface area (Å²) in [5, 5.41) is 2.70. The van der Waals surface area contributed by atoms with Crippen molar-refractivity contribution in [1.82, 2.24) is 4.90 Å². The summed E-state index contributed by atoms with van der Waals surface area (Å²) in [6, 6.07) is 6.76. The molecule has 3 rings (SSSR count). The molecule has 2 saturated carbocycles. The normalized spacial score (nSPS) is 22.7. The van der Waals surface area contributed by atoms with Crippen molar-refractivity contribution < 1.29 is 19.1 Å². The zero-order chi connectivity index (χ0) is 20.1. The van der Waals surface area contributed by atoms with Crippen molar-refractivity contribution in [1.29, 1.82) is 0 Å². The van der Waals surface area contributed by atoms with Gasteiger partial charge in [-0.2, -0.15) is 0 Å². The lowest BCUT2D eigenvalue weighted by Crippen LogP contribution is -2.30. The van der Waals surface area contributed by atoms with Gasteiger partial charge < -0.3 is 15.0 Å². The quantitative estimate of drug-likeness (QED) is 0.694. The number of esters is 1. The Morgan fingerprint density at radius 3 is 2.36 bits per heavy atom. The standard InChI is InChI=1S/C22H30N2O4/c1-3-24(4-2)22(27)16-7-9-19(10-8-16)23-20(25)14-28-21(26)13-18-12-15-5-6-17(18)11-15/h7-10,15,17-18H,3-6,11-14H2,1-2H3,(H,23,25)/t15-,17+,18+/m0/s1. The van der Waals surface area contributed by atoms with Crippen molar-refractivity contribution >= 4 is 23.5 Å². The summed E-state index contributed by atoms with van der Waals surface area (Å²) in [5.41, 5.74) is 1.16. The minimum atomic E-state index is -0.371. The molecule has 152 valence electrons. The van der Waals surface area contributed by atoms with Crippen LogP contribution in [0.4, 0.5) is 5.69 Å². The van der Waals surface area contributed by atoms with Gasteiger partial charge in [-0.05, 0) is 75.1 Å². The summed E-state index contributed by atoms with van der Waals surface area (Å²) < 4.78 is 5.16. The van der Waals surface area contributed by atoms with E-state index in [1.165, 1.54) is 19.3 Å². The lowest BCUT2D eigenvalue weighted by Gasteiger charge is -2.20. The van der Waals surface area contributed by atoms with Crippen LogP contribution in [0.15, 0.2) is 24.3 Å². The Morgan fingerprint density at radius 2 is 1.79 bits per heavy atom. The molecule has 0 unspecified atom stereocenters. The minimum Gasteiger partial charge on any atom is -0.456 e. The van der Waals surface area contributed by atoms with E-state index in [-0.39, 0.29) is 24.4 Å². The van der Waals surface area contributed by atoms with E-state index in [0.29, 0.717) is 42.6 Å². The predicted molar refractivity (Wildman–Crippen MR) is 107 cm³/mol. The van der Waals surface area contributed by atoms with Gasteiger partial charge in [0.05, 0.1) is 0 Å². The van der Waals surface area contributed by atoms with E-state index in [1.54, 1.807) is 29.2 Å². The number of fused-ring (bicyclic) bond motifs is 2. The van der Waals surface area contributed by atoms with Crippen LogP contribution in [-0.2, 0) is 14.3 Å². The maximum atomic E-state index is 12.3. The topological polar surface area (TPSA) is 75.7 Å². The second-order valence-corrected chi connectivity index (χ2v) is 7.90. The van der Waals surface area contributed by atoms with E-state index in [0.717, 1.165) is 12.3 Å². The molecule has 0 radical (unpaired) electrons. The number of hydrogen-bond acceptors (Lipinski definition) is 4. The molecule has 1 aromatic rings. The molecule has 2 fully saturated rings. The fourth-order valence-corrected chi connectivity index (χ4v) is 4.63. The monoisotopic (exact) mass is 386 g/mol. The maximum absolute atomic E-state index is 12.3. The van der Waals surface area contributed by atoms with E-state index in [9.17, 15) is 14.4 Å². The number of benzene rings is 1. The molecule has 6 nitrogen and oxygen atoms in total. The van der Waals surface area contributed by atoms with Gasteiger partial charge in [0.25, 0.3) is 11.8 Å². The summed E-state index contributed by atoms with van der Waals surface area (Å²) in [6.45, 7) is 4.91. The number of rotatable bonds is 8. The van der Waals surface area contributed by atoms with E-state index in [1.807, 2.05) is 13.8 Å². The average Bonchev–Trinajstić information content (AvgIpc) is 3.31. The SMILES string of the molecule is CCN(CC)C(=O)c1ccc(NC(=O)COC(=O)C[C@H]2C[C@H]3CC[C@@H]2C3)cc1. The van der Waals surface area contributed by atoms with E-state index >= 15 is 0 Å². The van der Waals surface area contributed by atoms with Gasteiger partial charge >= 0.3 is 5.97 Å². The van der Waals surface area contributed by atoms with E-state index in [4.69, 9.17) is 4.74 Å². The molecule has 0 aromatic heterocycles. The molecule has 2 bridgehead atoms. The summed E-state index contributed by atoms with van der Waals surface area (Å²) in [5.74, 6) is 1.21. The Kier molecular flexibility index (Phi) is 6.70. The lowest BCUT2D eigenvalue weighted by molar-refractivity contribution is -0.148. The van der Waals surface area contributed by atoms with Crippen molar-refractivity contribution in [2.75, 3.05) is 25.0 Å². The Bertz CT molecular complexity index is 712. The lowest BCUT2D eigenvalue weighted by atomic mass is 9.86. The molecular weight excluding hydrogens is 356 g/mol. The van der Waals surface area contributed by atoms with Crippen molar-refractivity contribution in [3.63, 3.8) is 0 Å². The second kappa shape index (κ2) is 9.22. The molecule has 2 aliphatic rings. The largest absolute Gasteiger partial charge is 0.456 e. The molecule has 28 heavy (non-hydrogen) atoms. The Hall–Kier alpha value is -2.37. The number of nitrogens with zero attached hydrogens (tertiary/aromatic N) is 1. The average molecular weight is 386 g/mol. The van der Waals surface area contributed by atoms with Crippen LogP contribution < -0.4 is 5.32 Å². The fourth-order valence-electron chi connectivity index (χ4n) is 4.63. The van der Waals surface area contributed by atoms with Gasteiger partial charge in [0.15, 0.2) is 6.61 Å². The van der Waals surface area contributed by atoms with Crippen LogP contribution in [0.1, 0.15) is 56.3 Å². The number of ether oxygens (including phenoxy) is 1. The highest BCUT2D eigenvalue weighted by Crippen LogP contribution is 2.49. The molecule has 1 N–H and O–H groups in total. The van der Waals surface area contributed by atoms with Gasteiger partial charge in [0.1, 0.15) is 0 Å². The molecule has 0 aliphatic heterocycles. The van der Waals surface area contributed by atoms with E-state index < -0.39 is 0 Å². The maximum Gasteiger partial charge on any atom is 0.306 e. The summed E-state index contributed by atoms with van der Waals surface area (Å²) in [7, 11) is 0. The molecule has 3 atom stereocenters. The zero-order valence-corrected chi connectivity index (χ0v) is 16.8. The van der Waals surface area contributed by atoms with Crippen LogP contribution in [0.25, 0.3) is 0 Å². The smallest absolute Gasteiger partial charge is 0.306 e. The van der Waals surface area contributed by atoms with Gasteiger partial charge in [0.2, 0.25) is 0 Å². The molecule has 1 aromatic carbocycles. The third kappa shape index (κ3) is 4.91. The Balaban J connectivity index is 1.42. The first-order chi connectivity index (χ1) is 13.5. The second-order valence-electron chi connectivity index (χ2n) is 7.90. The van der Waals surface area contributed by atoms with Crippen molar-refractivity contribution in [3.8, 4) is 0 Å². The van der Waals surface area contributed by atoms with Gasteiger partial charge in [-0.25, -0.2) is 0 Å². The molecule has 2 aliphatic carbocycles. The number of amides is 2. The summed E-state index contributed by atoms with van der Waals surface area (Å²) in [4.78, 5) is 38.1. The Morgan fingerprint density at radius 1 is 1.07 bits per heavy atom. The summed E-state index contributed by atoms with van der Waals surface area (Å²) in [6.07, 6.45) is 5.35. The fraction of sp³-hybridized carbons (Fsp3) is 0.591. The Labute approximate surface area is 166 Å². The van der Waals surface area contributed by atoms with Gasteiger partial charge in [-0.15, -0.1) is 0 Å². The van der Waals surface area contributed by atoms with Crippen LogP contribution in [0.5, 0.6) is 0 Å². The van der Waals surface area contributed by atoms with Crippen LogP contribution in [-0.4, -0.2) is 42.4 Å². The number of carbonyl (C=O) groups is 3. The molecule has 0 saturated heterocycles. The van der Waals surface area contributed by atoms with Crippen molar-refractivity contribution in [2.24, 2.45) is 17.8 Å². The first-order valence-electron chi connectivity index (χ1n) is 10.3. The van der Waals surface area contributed by atoms with Crippen LogP contribution in [0.2, 0.25) is 0 Å². The van der Waals surface area contributed by atoms with Crippen molar-refractivity contribution in [3.05, 3.63) is 29.8 Å².